The van der Waals surface area contributed by atoms with Crippen molar-refractivity contribution in [3.8, 4) is 0 Å². The van der Waals surface area contributed by atoms with E-state index < -0.39 is 0 Å². The van der Waals surface area contributed by atoms with Gasteiger partial charge in [-0.1, -0.05) is 0 Å². The van der Waals surface area contributed by atoms with Crippen molar-refractivity contribution < 1.29 is 9.47 Å². The minimum atomic E-state index is 0.593. The summed E-state index contributed by atoms with van der Waals surface area (Å²) in [5.74, 6) is 1.42. The molecule has 150 valence electrons. The summed E-state index contributed by atoms with van der Waals surface area (Å²) in [4.78, 5) is 13.6. The minimum absolute atomic E-state index is 0.593. The summed E-state index contributed by atoms with van der Waals surface area (Å²) in [5, 5.41) is 6.66. The molecule has 2 fully saturated rings. The van der Waals surface area contributed by atoms with E-state index in [1.165, 1.54) is 5.69 Å². The fraction of sp³-hybridized carbons (Fsp3) is 0.500. The number of ether oxygens (including phenoxy) is 2. The first-order valence-corrected chi connectivity index (χ1v) is 9.94. The van der Waals surface area contributed by atoms with Gasteiger partial charge in [-0.15, -0.1) is 0 Å². The number of benzene rings is 1. The van der Waals surface area contributed by atoms with Gasteiger partial charge in [-0.2, -0.15) is 4.98 Å². The molecule has 2 aliphatic rings. The number of aromatic nitrogens is 2. The van der Waals surface area contributed by atoms with Gasteiger partial charge in [0, 0.05) is 56.8 Å². The zero-order valence-electron chi connectivity index (χ0n) is 16.1. The molecule has 2 N–H and O–H groups in total. The Morgan fingerprint density at radius 2 is 1.61 bits per heavy atom. The summed E-state index contributed by atoms with van der Waals surface area (Å²) < 4.78 is 10.8. The highest BCUT2D eigenvalue weighted by Crippen LogP contribution is 2.21. The van der Waals surface area contributed by atoms with Crippen molar-refractivity contribution in [2.24, 2.45) is 0 Å². The maximum atomic E-state index is 5.41. The van der Waals surface area contributed by atoms with Crippen molar-refractivity contribution in [1.82, 2.24) is 14.9 Å². The number of hydrogen-bond acceptors (Lipinski definition) is 8. The predicted molar refractivity (Wildman–Crippen MR) is 111 cm³/mol. The Kier molecular flexibility index (Phi) is 6.54. The second-order valence-electron chi connectivity index (χ2n) is 6.92. The third-order valence-corrected chi connectivity index (χ3v) is 4.99. The largest absolute Gasteiger partial charge is 0.379 e. The smallest absolute Gasteiger partial charge is 0.229 e. The van der Waals surface area contributed by atoms with Crippen LogP contribution < -0.4 is 15.5 Å². The average Bonchev–Trinajstić information content (AvgIpc) is 2.76. The second-order valence-corrected chi connectivity index (χ2v) is 6.92. The number of morpholine rings is 2. The van der Waals surface area contributed by atoms with Gasteiger partial charge in [-0.3, -0.25) is 4.90 Å². The molecular formula is C20H28N6O2. The van der Waals surface area contributed by atoms with Crippen LogP contribution in [0.2, 0.25) is 0 Å². The van der Waals surface area contributed by atoms with Gasteiger partial charge in [0.1, 0.15) is 5.82 Å². The molecule has 0 aliphatic carbocycles. The van der Waals surface area contributed by atoms with E-state index in [1.807, 2.05) is 6.07 Å². The molecule has 8 nitrogen and oxygen atoms in total. The second kappa shape index (κ2) is 9.68. The van der Waals surface area contributed by atoms with Crippen molar-refractivity contribution >= 4 is 23.1 Å². The summed E-state index contributed by atoms with van der Waals surface area (Å²) in [7, 11) is 0. The van der Waals surface area contributed by atoms with Crippen LogP contribution >= 0.6 is 0 Å². The lowest BCUT2D eigenvalue weighted by Crippen LogP contribution is -2.39. The molecule has 28 heavy (non-hydrogen) atoms. The summed E-state index contributed by atoms with van der Waals surface area (Å²) >= 11 is 0. The quantitative estimate of drug-likeness (QED) is 0.749. The highest BCUT2D eigenvalue weighted by molar-refractivity contribution is 5.60. The molecule has 1 aromatic heterocycles. The van der Waals surface area contributed by atoms with Gasteiger partial charge in [-0.25, -0.2) is 4.98 Å². The molecule has 0 unspecified atom stereocenters. The Morgan fingerprint density at radius 3 is 2.36 bits per heavy atom. The Balaban J connectivity index is 1.29. The van der Waals surface area contributed by atoms with Crippen LogP contribution in [0.1, 0.15) is 0 Å². The number of anilines is 4. The van der Waals surface area contributed by atoms with Crippen LogP contribution in [-0.4, -0.2) is 80.6 Å². The average molecular weight is 384 g/mol. The van der Waals surface area contributed by atoms with Crippen LogP contribution in [0.5, 0.6) is 0 Å². The molecule has 0 spiro atoms. The molecule has 8 heteroatoms. The van der Waals surface area contributed by atoms with Crippen LogP contribution in [0.25, 0.3) is 0 Å². The van der Waals surface area contributed by atoms with E-state index in [4.69, 9.17) is 9.47 Å². The van der Waals surface area contributed by atoms with Gasteiger partial charge in [0.2, 0.25) is 5.95 Å². The van der Waals surface area contributed by atoms with E-state index in [0.29, 0.717) is 5.95 Å². The van der Waals surface area contributed by atoms with Gasteiger partial charge in [0.15, 0.2) is 0 Å². The third kappa shape index (κ3) is 5.31. The molecule has 3 heterocycles. The third-order valence-electron chi connectivity index (χ3n) is 4.99. The Labute approximate surface area is 165 Å². The molecule has 2 aliphatic heterocycles. The molecule has 0 amide bonds. The molecule has 2 aromatic rings. The normalized spacial score (nSPS) is 18.1. The maximum Gasteiger partial charge on any atom is 0.229 e. The number of nitrogens with zero attached hydrogens (tertiary/aromatic N) is 4. The zero-order chi connectivity index (χ0) is 19.0. The van der Waals surface area contributed by atoms with E-state index in [1.54, 1.807) is 6.20 Å². The van der Waals surface area contributed by atoms with Crippen LogP contribution in [0.15, 0.2) is 36.5 Å². The Hall–Kier alpha value is -2.42. The van der Waals surface area contributed by atoms with Crippen LogP contribution in [0, 0.1) is 0 Å². The van der Waals surface area contributed by atoms with Crippen LogP contribution in [0.4, 0.5) is 23.1 Å². The summed E-state index contributed by atoms with van der Waals surface area (Å²) in [6, 6.07) is 10.3. The van der Waals surface area contributed by atoms with Gasteiger partial charge in [0.05, 0.1) is 26.4 Å². The first-order chi connectivity index (χ1) is 13.9. The summed E-state index contributed by atoms with van der Waals surface area (Å²) in [6.07, 6.45) is 1.77. The Bertz CT molecular complexity index is 730. The maximum absolute atomic E-state index is 5.41. The molecule has 1 aromatic carbocycles. The highest BCUT2D eigenvalue weighted by atomic mass is 16.5. The predicted octanol–water partition coefficient (Wildman–Crippen LogP) is 1.80. The monoisotopic (exact) mass is 384 g/mol. The molecule has 4 rings (SSSR count). The number of hydrogen-bond donors (Lipinski definition) is 2. The first-order valence-electron chi connectivity index (χ1n) is 9.94. The van der Waals surface area contributed by atoms with Crippen molar-refractivity contribution in [3.63, 3.8) is 0 Å². The molecule has 0 bridgehead atoms. The van der Waals surface area contributed by atoms with Crippen LogP contribution in [-0.2, 0) is 9.47 Å². The summed E-state index contributed by atoms with van der Waals surface area (Å²) in [6.45, 7) is 8.94. The fourth-order valence-corrected chi connectivity index (χ4v) is 3.39. The Morgan fingerprint density at radius 1 is 0.893 bits per heavy atom. The number of nitrogens with one attached hydrogen (secondary N) is 2. The van der Waals surface area contributed by atoms with Gasteiger partial charge in [0.25, 0.3) is 0 Å². The molecule has 2 saturated heterocycles. The van der Waals surface area contributed by atoms with E-state index in [0.717, 1.165) is 77.2 Å². The van der Waals surface area contributed by atoms with Gasteiger partial charge >= 0.3 is 0 Å². The molecular weight excluding hydrogens is 356 g/mol. The van der Waals surface area contributed by atoms with E-state index >= 15 is 0 Å². The van der Waals surface area contributed by atoms with Crippen molar-refractivity contribution in [2.75, 3.05) is 81.2 Å². The van der Waals surface area contributed by atoms with Gasteiger partial charge < -0.3 is 25.0 Å². The highest BCUT2D eigenvalue weighted by Gasteiger charge is 2.11. The number of rotatable bonds is 7. The lowest BCUT2D eigenvalue weighted by Gasteiger charge is -2.28. The van der Waals surface area contributed by atoms with Crippen LogP contribution in [0.3, 0.4) is 0 Å². The first kappa shape index (κ1) is 18.9. The van der Waals surface area contributed by atoms with Gasteiger partial charge in [-0.05, 0) is 30.3 Å². The van der Waals surface area contributed by atoms with E-state index in [9.17, 15) is 0 Å². The molecule has 0 radical (unpaired) electrons. The molecule has 0 saturated carbocycles. The van der Waals surface area contributed by atoms with Crippen molar-refractivity contribution in [3.05, 3.63) is 36.5 Å². The lowest BCUT2D eigenvalue weighted by atomic mass is 10.2. The lowest BCUT2D eigenvalue weighted by molar-refractivity contribution is 0.0398. The topological polar surface area (TPSA) is 74.8 Å². The van der Waals surface area contributed by atoms with E-state index in [2.05, 4.69) is 54.7 Å². The fourth-order valence-electron chi connectivity index (χ4n) is 3.39. The zero-order valence-corrected chi connectivity index (χ0v) is 16.1. The summed E-state index contributed by atoms with van der Waals surface area (Å²) in [5.41, 5.74) is 2.19. The SMILES string of the molecule is c1cc(NCCN2CCOCC2)nc(Nc2ccc(N3CCOCC3)cc2)n1. The molecule has 0 atom stereocenters. The van der Waals surface area contributed by atoms with Crippen molar-refractivity contribution in [1.29, 1.82) is 0 Å². The van der Waals surface area contributed by atoms with Crippen molar-refractivity contribution in [2.45, 2.75) is 0 Å². The minimum Gasteiger partial charge on any atom is -0.379 e. The van der Waals surface area contributed by atoms with E-state index in [-0.39, 0.29) is 0 Å². The standard InChI is InChI=1S/C20H28N6O2/c1-3-18(26-11-15-28-16-12-26)4-2-17(1)23-20-22-6-5-19(24-20)21-7-8-25-9-13-27-14-10-25/h1-6H,7-16H2,(H2,21,22,23,24).